The summed E-state index contributed by atoms with van der Waals surface area (Å²) in [6, 6.07) is 12.5. The molecule has 1 aliphatic heterocycles. The molecule has 0 saturated carbocycles. The minimum atomic E-state index is -0.418. The van der Waals surface area contributed by atoms with Crippen molar-refractivity contribution in [1.29, 1.82) is 5.26 Å². The first-order valence-corrected chi connectivity index (χ1v) is 11.4. The Morgan fingerprint density at radius 1 is 1.18 bits per heavy atom. The lowest BCUT2D eigenvalue weighted by molar-refractivity contribution is 0.103. The average Bonchev–Trinajstić information content (AvgIpc) is 3.22. The molecule has 3 aromatic rings. The predicted molar refractivity (Wildman–Crippen MR) is 132 cm³/mol. The molecular formula is C28H28N4O. The average molecular weight is 437 g/mol. The Bertz CT molecular complexity index is 1370. The number of hydrogen-bond acceptors (Lipinski definition) is 4. The number of rotatable bonds is 2. The van der Waals surface area contributed by atoms with Gasteiger partial charge in [0.2, 0.25) is 0 Å². The number of terminal acetylenes is 1. The van der Waals surface area contributed by atoms with E-state index in [2.05, 4.69) is 60.8 Å². The van der Waals surface area contributed by atoms with Crippen LogP contribution >= 0.6 is 0 Å². The molecule has 0 spiro atoms. The third-order valence-electron chi connectivity index (χ3n) is 7.53. The minimum Gasteiger partial charge on any atom is -0.370 e. The van der Waals surface area contributed by atoms with E-state index in [0.29, 0.717) is 22.7 Å². The first-order valence-electron chi connectivity index (χ1n) is 11.4. The highest BCUT2D eigenvalue weighted by molar-refractivity contribution is 6.20. The van der Waals surface area contributed by atoms with E-state index >= 15 is 0 Å². The summed E-state index contributed by atoms with van der Waals surface area (Å²) in [4.78, 5) is 21.8. The number of hydrogen-bond donors (Lipinski definition) is 1. The molecule has 0 amide bonds. The van der Waals surface area contributed by atoms with Crippen molar-refractivity contribution >= 4 is 22.4 Å². The van der Waals surface area contributed by atoms with Crippen LogP contribution in [0.2, 0.25) is 0 Å². The van der Waals surface area contributed by atoms with Crippen LogP contribution in [0.25, 0.3) is 10.9 Å². The van der Waals surface area contributed by atoms with E-state index in [0.717, 1.165) is 59.3 Å². The lowest BCUT2D eigenvalue weighted by Gasteiger charge is -2.38. The number of aromatic nitrogens is 1. The van der Waals surface area contributed by atoms with Crippen LogP contribution in [0.15, 0.2) is 30.3 Å². The molecule has 1 saturated heterocycles. The number of ketones is 1. The third kappa shape index (κ3) is 3.16. The topological polar surface area (TPSA) is 63.1 Å². The van der Waals surface area contributed by atoms with E-state index < -0.39 is 5.41 Å². The minimum absolute atomic E-state index is 0.0339. The molecule has 2 aromatic carbocycles. The van der Waals surface area contributed by atoms with E-state index in [1.54, 1.807) is 0 Å². The second-order valence-electron chi connectivity index (χ2n) is 9.94. The van der Waals surface area contributed by atoms with Crippen molar-refractivity contribution in [3.8, 4) is 18.4 Å². The van der Waals surface area contributed by atoms with E-state index in [1.807, 2.05) is 24.3 Å². The van der Waals surface area contributed by atoms with Crippen LogP contribution in [0.3, 0.4) is 0 Å². The second-order valence-corrected chi connectivity index (χ2v) is 9.94. The fourth-order valence-electron chi connectivity index (χ4n) is 5.53. The Hall–Kier alpha value is -3.54. The van der Waals surface area contributed by atoms with Crippen LogP contribution in [0.4, 0.5) is 5.69 Å². The van der Waals surface area contributed by atoms with Gasteiger partial charge in [-0.1, -0.05) is 25.8 Å². The first-order chi connectivity index (χ1) is 15.8. The molecular weight excluding hydrogens is 408 g/mol. The zero-order valence-corrected chi connectivity index (χ0v) is 19.6. The Kier molecular flexibility index (Phi) is 4.85. The molecule has 33 heavy (non-hydrogen) atoms. The lowest BCUT2D eigenvalue weighted by Crippen LogP contribution is -2.42. The highest BCUT2D eigenvalue weighted by Crippen LogP contribution is 2.45. The number of H-pyrrole nitrogens is 1. The fraction of sp³-hybridized carbons (Fsp3) is 0.357. The molecule has 5 rings (SSSR count). The fourth-order valence-corrected chi connectivity index (χ4v) is 5.53. The monoisotopic (exact) mass is 436 g/mol. The molecule has 0 bridgehead atoms. The van der Waals surface area contributed by atoms with Crippen LogP contribution in [0, 0.1) is 23.7 Å². The van der Waals surface area contributed by atoms with Gasteiger partial charge in [0.1, 0.15) is 6.07 Å². The molecule has 1 aliphatic carbocycles. The van der Waals surface area contributed by atoms with Gasteiger partial charge in [-0.15, -0.1) is 6.42 Å². The number of carbonyl (C=O) groups excluding carboxylic acids is 1. The van der Waals surface area contributed by atoms with Crippen molar-refractivity contribution in [3.63, 3.8) is 0 Å². The molecule has 2 heterocycles. The number of benzene rings is 2. The van der Waals surface area contributed by atoms with Gasteiger partial charge in [0, 0.05) is 52.3 Å². The summed E-state index contributed by atoms with van der Waals surface area (Å²) in [5.74, 6) is 2.63. The van der Waals surface area contributed by atoms with Crippen molar-refractivity contribution < 1.29 is 4.79 Å². The number of nitrogens with one attached hydrogen (secondary N) is 1. The van der Waals surface area contributed by atoms with E-state index in [-0.39, 0.29) is 5.78 Å². The maximum absolute atomic E-state index is 13.7. The summed E-state index contributed by atoms with van der Waals surface area (Å²) >= 11 is 0. The van der Waals surface area contributed by atoms with E-state index in [1.165, 1.54) is 0 Å². The molecule has 2 aliphatic rings. The SMILES string of the molecule is C#Cc1ccc2c3c([nH]c2c1)C(C)(C)c1cc(N2CCC(N(C)C)CC2)c(C#N)cc1C3=O. The van der Waals surface area contributed by atoms with Gasteiger partial charge < -0.3 is 14.8 Å². The van der Waals surface area contributed by atoms with Crippen molar-refractivity contribution in [3.05, 3.63) is 63.8 Å². The first kappa shape index (κ1) is 21.3. The van der Waals surface area contributed by atoms with Crippen molar-refractivity contribution in [2.45, 2.75) is 38.1 Å². The number of piperidine rings is 1. The zero-order chi connectivity index (χ0) is 23.5. The van der Waals surface area contributed by atoms with Crippen molar-refractivity contribution in [2.75, 3.05) is 32.1 Å². The Morgan fingerprint density at radius 3 is 2.55 bits per heavy atom. The van der Waals surface area contributed by atoms with Gasteiger partial charge >= 0.3 is 0 Å². The maximum Gasteiger partial charge on any atom is 0.195 e. The van der Waals surface area contributed by atoms with Gasteiger partial charge in [0.05, 0.1) is 16.8 Å². The highest BCUT2D eigenvalue weighted by Gasteiger charge is 2.40. The number of anilines is 1. The third-order valence-corrected chi connectivity index (χ3v) is 7.53. The predicted octanol–water partition coefficient (Wildman–Crippen LogP) is 4.42. The molecule has 0 radical (unpaired) electrons. The summed E-state index contributed by atoms with van der Waals surface area (Å²) in [5.41, 5.74) is 5.92. The molecule has 5 nitrogen and oxygen atoms in total. The molecule has 1 N–H and O–H groups in total. The number of nitrogens with zero attached hydrogens (tertiary/aromatic N) is 3. The second kappa shape index (κ2) is 7.51. The van der Waals surface area contributed by atoms with Crippen LogP contribution in [-0.4, -0.2) is 48.9 Å². The molecule has 1 aromatic heterocycles. The molecule has 1 fully saturated rings. The van der Waals surface area contributed by atoms with Gasteiger partial charge in [0.15, 0.2) is 5.78 Å². The molecule has 0 atom stereocenters. The Balaban J connectivity index is 1.64. The molecule has 166 valence electrons. The van der Waals surface area contributed by atoms with E-state index in [9.17, 15) is 10.1 Å². The summed E-state index contributed by atoms with van der Waals surface area (Å²) < 4.78 is 0. The van der Waals surface area contributed by atoms with Crippen LogP contribution in [0.5, 0.6) is 0 Å². The molecule has 0 unspecified atom stereocenters. The van der Waals surface area contributed by atoms with E-state index in [4.69, 9.17) is 6.42 Å². The summed E-state index contributed by atoms with van der Waals surface area (Å²) in [5, 5.41) is 10.8. The smallest absolute Gasteiger partial charge is 0.195 e. The van der Waals surface area contributed by atoms with Gasteiger partial charge in [-0.3, -0.25) is 4.79 Å². The normalized spacial score (nSPS) is 17.5. The van der Waals surface area contributed by atoms with Gasteiger partial charge in [-0.2, -0.15) is 5.26 Å². The van der Waals surface area contributed by atoms with Crippen LogP contribution in [-0.2, 0) is 5.41 Å². The summed E-state index contributed by atoms with van der Waals surface area (Å²) in [7, 11) is 4.25. The van der Waals surface area contributed by atoms with Crippen LogP contribution in [0.1, 0.15) is 65.0 Å². The number of carbonyl (C=O) groups is 1. The highest BCUT2D eigenvalue weighted by atomic mass is 16.1. The lowest BCUT2D eigenvalue weighted by atomic mass is 9.70. The zero-order valence-electron chi connectivity index (χ0n) is 19.6. The quantitative estimate of drug-likeness (QED) is 0.604. The van der Waals surface area contributed by atoms with Crippen molar-refractivity contribution in [2.24, 2.45) is 0 Å². The molecule has 5 heteroatoms. The number of nitriles is 1. The maximum atomic E-state index is 13.7. The van der Waals surface area contributed by atoms with Crippen molar-refractivity contribution in [1.82, 2.24) is 9.88 Å². The Morgan fingerprint density at radius 2 is 1.91 bits per heavy atom. The standard InChI is InChI=1S/C28H28N4O/c1-6-17-7-8-20-23(13-17)30-27-25(20)26(33)21-14-18(16-29)24(15-22(21)28(27,2)3)32-11-9-19(10-12-32)31(4)5/h1,7-8,13-15,19,30H,9-12H2,2-5H3. The van der Waals surface area contributed by atoms with Gasteiger partial charge in [-0.25, -0.2) is 0 Å². The van der Waals surface area contributed by atoms with Crippen LogP contribution < -0.4 is 4.90 Å². The number of fused-ring (bicyclic) bond motifs is 4. The largest absolute Gasteiger partial charge is 0.370 e. The summed E-state index contributed by atoms with van der Waals surface area (Å²) in [6.45, 7) is 6.08. The van der Waals surface area contributed by atoms with Gasteiger partial charge in [0.25, 0.3) is 0 Å². The summed E-state index contributed by atoms with van der Waals surface area (Å²) in [6.07, 6.45) is 7.70. The Labute approximate surface area is 195 Å². The van der Waals surface area contributed by atoms with Gasteiger partial charge in [-0.05, 0) is 56.8 Å². The number of aromatic amines is 1.